The van der Waals surface area contributed by atoms with Gasteiger partial charge in [0, 0.05) is 30.2 Å². The lowest BCUT2D eigenvalue weighted by Crippen LogP contribution is -2.08. The Balaban J connectivity index is 1.86. The van der Waals surface area contributed by atoms with Crippen LogP contribution in [-0.4, -0.2) is 26.9 Å². The third-order valence-corrected chi connectivity index (χ3v) is 4.12. The molecule has 0 fully saturated rings. The minimum Gasteiger partial charge on any atom is -0.496 e. The molecule has 0 aliphatic carbocycles. The highest BCUT2D eigenvalue weighted by Gasteiger charge is 2.13. The summed E-state index contributed by atoms with van der Waals surface area (Å²) in [6.07, 6.45) is 8.72. The summed E-state index contributed by atoms with van der Waals surface area (Å²) in [5.74, 6) is 2.12. The molecule has 0 aliphatic rings. The highest BCUT2D eigenvalue weighted by atomic mass is 32.1. The largest absolute Gasteiger partial charge is 0.496 e. The Morgan fingerprint density at radius 1 is 1.33 bits per heavy atom. The van der Waals surface area contributed by atoms with Gasteiger partial charge in [-0.2, -0.15) is 0 Å². The van der Waals surface area contributed by atoms with Gasteiger partial charge in [0.2, 0.25) is 5.78 Å². The lowest BCUT2D eigenvalue weighted by Gasteiger charge is -2.15. The van der Waals surface area contributed by atoms with E-state index in [-0.39, 0.29) is 5.44 Å². The number of rotatable bonds is 7. The Hall–Kier alpha value is -2.21. The smallest absolute Gasteiger partial charge is 0.234 e. The molecule has 5 nitrogen and oxygen atoms in total. The molecule has 0 spiro atoms. The number of hydrogen-bond acceptors (Lipinski definition) is 5. The average Bonchev–Trinajstić information content (AvgIpc) is 3.03. The van der Waals surface area contributed by atoms with E-state index in [1.54, 1.807) is 13.3 Å². The van der Waals surface area contributed by atoms with E-state index in [0.717, 1.165) is 36.3 Å². The second kappa shape index (κ2) is 7.57. The van der Waals surface area contributed by atoms with Gasteiger partial charge in [-0.3, -0.25) is 4.40 Å². The summed E-state index contributed by atoms with van der Waals surface area (Å²) in [5, 5.41) is 0. The minimum atomic E-state index is -0.111. The zero-order valence-corrected chi connectivity index (χ0v) is 14.7. The fourth-order valence-corrected chi connectivity index (χ4v) is 2.82. The molecule has 0 saturated heterocycles. The molecule has 0 aliphatic heterocycles. The van der Waals surface area contributed by atoms with Crippen LogP contribution in [0.15, 0.2) is 42.9 Å². The van der Waals surface area contributed by atoms with E-state index in [4.69, 9.17) is 9.47 Å². The number of methoxy groups -OCH3 is 1. The number of thiol groups is 1. The van der Waals surface area contributed by atoms with E-state index in [1.165, 1.54) is 0 Å². The van der Waals surface area contributed by atoms with Crippen molar-refractivity contribution in [2.45, 2.75) is 31.6 Å². The van der Waals surface area contributed by atoms with E-state index in [9.17, 15) is 0 Å². The van der Waals surface area contributed by atoms with Crippen LogP contribution in [0.1, 0.15) is 26.2 Å². The standard InChI is InChI=1S/C18H21N3O2S/c1-3-4-6-17(24)23-13-7-8-14(16(11-13)22-2)15-12-21-10-5-9-19-18(21)20-15/h5,7-12,17,24H,3-4,6H2,1-2H3. The summed E-state index contributed by atoms with van der Waals surface area (Å²) >= 11 is 4.48. The minimum absolute atomic E-state index is 0.111. The molecule has 2 aromatic heterocycles. The zero-order valence-electron chi connectivity index (χ0n) is 13.8. The Bertz CT molecular complexity index is 786. The van der Waals surface area contributed by atoms with E-state index in [2.05, 4.69) is 29.5 Å². The lowest BCUT2D eigenvalue weighted by molar-refractivity contribution is 0.273. The molecule has 3 aromatic rings. The highest BCUT2D eigenvalue weighted by Crippen LogP contribution is 2.33. The first kappa shape index (κ1) is 16.6. The third-order valence-electron chi connectivity index (χ3n) is 3.76. The van der Waals surface area contributed by atoms with Crippen LogP contribution in [0, 0.1) is 0 Å². The monoisotopic (exact) mass is 343 g/mol. The summed E-state index contributed by atoms with van der Waals surface area (Å²) < 4.78 is 13.3. The molecule has 0 amide bonds. The number of imidazole rings is 1. The third kappa shape index (κ3) is 3.64. The van der Waals surface area contributed by atoms with Crippen molar-refractivity contribution in [3.63, 3.8) is 0 Å². The Kier molecular flexibility index (Phi) is 5.25. The van der Waals surface area contributed by atoms with Gasteiger partial charge in [0.05, 0.1) is 12.8 Å². The van der Waals surface area contributed by atoms with Crippen LogP contribution in [0.25, 0.3) is 17.0 Å². The van der Waals surface area contributed by atoms with Crippen molar-refractivity contribution in [1.82, 2.24) is 14.4 Å². The van der Waals surface area contributed by atoms with Crippen LogP contribution in [0.4, 0.5) is 0 Å². The fourth-order valence-electron chi connectivity index (χ4n) is 2.51. The van der Waals surface area contributed by atoms with Crippen molar-refractivity contribution >= 4 is 18.4 Å². The van der Waals surface area contributed by atoms with Crippen molar-refractivity contribution in [1.29, 1.82) is 0 Å². The van der Waals surface area contributed by atoms with Gasteiger partial charge in [-0.1, -0.05) is 13.3 Å². The average molecular weight is 343 g/mol. The first-order valence-electron chi connectivity index (χ1n) is 8.04. The lowest BCUT2D eigenvalue weighted by atomic mass is 10.1. The predicted molar refractivity (Wildman–Crippen MR) is 97.9 cm³/mol. The van der Waals surface area contributed by atoms with Crippen molar-refractivity contribution in [3.05, 3.63) is 42.9 Å². The Labute approximate surface area is 147 Å². The van der Waals surface area contributed by atoms with Crippen LogP contribution < -0.4 is 9.47 Å². The topological polar surface area (TPSA) is 48.7 Å². The molecule has 0 bridgehead atoms. The number of ether oxygens (including phenoxy) is 2. The predicted octanol–water partition coefficient (Wildman–Crippen LogP) is 4.23. The number of benzene rings is 1. The Morgan fingerprint density at radius 3 is 2.96 bits per heavy atom. The maximum absolute atomic E-state index is 5.85. The Morgan fingerprint density at radius 2 is 2.21 bits per heavy atom. The first-order chi connectivity index (χ1) is 11.7. The summed E-state index contributed by atoms with van der Waals surface area (Å²) in [5.41, 5.74) is 1.60. The molecule has 0 radical (unpaired) electrons. The second-order valence-electron chi connectivity index (χ2n) is 5.53. The van der Waals surface area contributed by atoms with Crippen LogP contribution in [-0.2, 0) is 0 Å². The van der Waals surface area contributed by atoms with Gasteiger partial charge in [-0.15, -0.1) is 12.6 Å². The number of fused-ring (bicyclic) bond motifs is 1. The maximum atomic E-state index is 5.85. The van der Waals surface area contributed by atoms with Crippen LogP contribution in [0.2, 0.25) is 0 Å². The van der Waals surface area contributed by atoms with E-state index in [1.807, 2.05) is 41.1 Å². The molecule has 0 N–H and O–H groups in total. The molecule has 1 aromatic carbocycles. The quantitative estimate of drug-likeness (QED) is 0.515. The molecular formula is C18H21N3O2S. The van der Waals surface area contributed by atoms with Gasteiger partial charge < -0.3 is 9.47 Å². The highest BCUT2D eigenvalue weighted by molar-refractivity contribution is 7.80. The zero-order chi connectivity index (χ0) is 16.9. The van der Waals surface area contributed by atoms with Crippen LogP contribution >= 0.6 is 12.6 Å². The molecule has 6 heteroatoms. The molecular weight excluding hydrogens is 322 g/mol. The van der Waals surface area contributed by atoms with Crippen molar-refractivity contribution in [3.8, 4) is 22.8 Å². The van der Waals surface area contributed by atoms with Gasteiger partial charge in [0.15, 0.2) is 0 Å². The summed E-state index contributed by atoms with van der Waals surface area (Å²) in [7, 11) is 1.64. The molecule has 0 saturated carbocycles. The number of hydrogen-bond donors (Lipinski definition) is 1. The SMILES string of the molecule is CCCCC(S)Oc1ccc(-c2cn3cccnc3n2)c(OC)c1. The van der Waals surface area contributed by atoms with Crippen molar-refractivity contribution < 1.29 is 9.47 Å². The molecule has 24 heavy (non-hydrogen) atoms. The number of unbranched alkanes of at least 4 members (excludes halogenated alkanes) is 1. The van der Waals surface area contributed by atoms with E-state index in [0.29, 0.717) is 11.5 Å². The molecule has 126 valence electrons. The van der Waals surface area contributed by atoms with Crippen LogP contribution in [0.3, 0.4) is 0 Å². The number of nitrogens with zero attached hydrogens (tertiary/aromatic N) is 3. The second-order valence-corrected chi connectivity index (χ2v) is 6.11. The fraction of sp³-hybridized carbons (Fsp3) is 0.333. The van der Waals surface area contributed by atoms with Gasteiger partial charge >= 0.3 is 0 Å². The summed E-state index contributed by atoms with van der Waals surface area (Å²) in [6, 6.07) is 7.62. The van der Waals surface area contributed by atoms with Crippen molar-refractivity contribution in [2.24, 2.45) is 0 Å². The van der Waals surface area contributed by atoms with Gasteiger partial charge in [0.25, 0.3) is 0 Å². The molecule has 1 unspecified atom stereocenters. The summed E-state index contributed by atoms with van der Waals surface area (Å²) in [6.45, 7) is 2.15. The maximum Gasteiger partial charge on any atom is 0.234 e. The normalized spacial score (nSPS) is 12.3. The first-order valence-corrected chi connectivity index (χ1v) is 8.55. The molecule has 3 rings (SSSR count). The van der Waals surface area contributed by atoms with Gasteiger partial charge in [-0.25, -0.2) is 9.97 Å². The van der Waals surface area contributed by atoms with Crippen molar-refractivity contribution in [2.75, 3.05) is 7.11 Å². The summed E-state index contributed by atoms with van der Waals surface area (Å²) in [4.78, 5) is 8.78. The van der Waals surface area contributed by atoms with Crippen LogP contribution in [0.5, 0.6) is 11.5 Å². The molecule has 2 heterocycles. The van der Waals surface area contributed by atoms with E-state index < -0.39 is 0 Å². The molecule has 1 atom stereocenters. The number of aromatic nitrogens is 3. The van der Waals surface area contributed by atoms with Gasteiger partial charge in [-0.05, 0) is 31.0 Å². The van der Waals surface area contributed by atoms with Gasteiger partial charge in [0.1, 0.15) is 16.9 Å². The van der Waals surface area contributed by atoms with E-state index >= 15 is 0 Å².